The van der Waals surface area contributed by atoms with Crippen LogP contribution in [0.25, 0.3) is 0 Å². The molecule has 0 amide bonds. The Morgan fingerprint density at radius 2 is 1.86 bits per heavy atom. The fourth-order valence-corrected chi connectivity index (χ4v) is 5.42. The van der Waals surface area contributed by atoms with Crippen molar-refractivity contribution in [2.75, 3.05) is 13.1 Å². The molecule has 21 heavy (non-hydrogen) atoms. The van der Waals surface area contributed by atoms with E-state index >= 15 is 0 Å². The van der Waals surface area contributed by atoms with Gasteiger partial charge in [-0.25, -0.2) is 13.4 Å². The number of sulfonamides is 1. The predicted octanol–water partition coefficient (Wildman–Crippen LogP) is 1.26. The van der Waals surface area contributed by atoms with Crippen LogP contribution in [0.2, 0.25) is 0 Å². The number of hydrogen-bond donors (Lipinski definition) is 0. The van der Waals surface area contributed by atoms with Crippen LogP contribution in [0.5, 0.6) is 0 Å². The second kappa shape index (κ2) is 4.54. The van der Waals surface area contributed by atoms with Crippen LogP contribution in [-0.2, 0) is 14.8 Å². The van der Waals surface area contributed by atoms with E-state index in [0.717, 1.165) is 12.8 Å². The van der Waals surface area contributed by atoms with Gasteiger partial charge in [-0.15, -0.1) is 0 Å². The Bertz CT molecular complexity index is 636. The Morgan fingerprint density at radius 1 is 1.24 bits per heavy atom. The zero-order valence-electron chi connectivity index (χ0n) is 12.3. The topological polar surface area (TPSA) is 64.4 Å². The number of imidazole rings is 1. The van der Waals surface area contributed by atoms with E-state index in [0.29, 0.717) is 24.9 Å². The largest absolute Gasteiger partial charge is 0.374 e. The molecule has 4 atom stereocenters. The van der Waals surface area contributed by atoms with Crippen molar-refractivity contribution in [1.29, 1.82) is 0 Å². The first-order valence-corrected chi connectivity index (χ1v) is 9.10. The molecule has 4 rings (SSSR count). The molecule has 7 heteroatoms. The Kier molecular flexibility index (Phi) is 2.96. The van der Waals surface area contributed by atoms with E-state index in [1.165, 1.54) is 0 Å². The Labute approximate surface area is 125 Å². The van der Waals surface area contributed by atoms with Gasteiger partial charge in [-0.2, -0.15) is 4.31 Å². The van der Waals surface area contributed by atoms with Gasteiger partial charge in [-0.3, -0.25) is 0 Å². The van der Waals surface area contributed by atoms with Crippen LogP contribution in [0.4, 0.5) is 0 Å². The Morgan fingerprint density at radius 3 is 2.38 bits per heavy atom. The smallest absolute Gasteiger partial charge is 0.262 e. The molecular formula is C14H21N3O3S. The van der Waals surface area contributed by atoms with Crippen LogP contribution in [0.15, 0.2) is 17.6 Å². The summed E-state index contributed by atoms with van der Waals surface area (Å²) in [6, 6.07) is 0.212. The quantitative estimate of drug-likeness (QED) is 0.843. The van der Waals surface area contributed by atoms with Crippen molar-refractivity contribution in [3.05, 3.63) is 12.5 Å². The summed E-state index contributed by atoms with van der Waals surface area (Å²) >= 11 is 0. The van der Waals surface area contributed by atoms with Crippen LogP contribution in [0.1, 0.15) is 32.7 Å². The first-order chi connectivity index (χ1) is 9.96. The monoisotopic (exact) mass is 311 g/mol. The van der Waals surface area contributed by atoms with E-state index in [1.54, 1.807) is 16.8 Å². The molecule has 1 aromatic heterocycles. The molecule has 4 heterocycles. The molecule has 2 bridgehead atoms. The fourth-order valence-electron chi connectivity index (χ4n) is 3.98. The number of aromatic nitrogens is 2. The van der Waals surface area contributed by atoms with Gasteiger partial charge < -0.3 is 9.30 Å². The molecule has 0 aromatic carbocycles. The molecule has 0 N–H and O–H groups in total. The van der Waals surface area contributed by atoms with Gasteiger partial charge in [0.05, 0.1) is 18.5 Å². The molecule has 0 saturated carbocycles. The highest BCUT2D eigenvalue weighted by Gasteiger charge is 2.55. The molecule has 0 radical (unpaired) electrons. The average molecular weight is 311 g/mol. The van der Waals surface area contributed by atoms with Crippen molar-refractivity contribution >= 4 is 10.0 Å². The Hall–Kier alpha value is -0.920. The third-order valence-electron chi connectivity index (χ3n) is 5.20. The normalized spacial score (nSPS) is 35.8. The van der Waals surface area contributed by atoms with Crippen LogP contribution in [-0.4, -0.2) is 47.6 Å². The minimum Gasteiger partial charge on any atom is -0.374 e. The highest BCUT2D eigenvalue weighted by molar-refractivity contribution is 7.89. The Balaban J connectivity index is 1.58. The predicted molar refractivity (Wildman–Crippen MR) is 76.2 cm³/mol. The number of rotatable bonds is 3. The molecule has 6 nitrogen and oxygen atoms in total. The van der Waals surface area contributed by atoms with Gasteiger partial charge in [0.1, 0.15) is 0 Å². The summed E-state index contributed by atoms with van der Waals surface area (Å²) in [5.41, 5.74) is 0. The average Bonchev–Trinajstić information content (AvgIpc) is 3.19. The molecule has 116 valence electrons. The maximum absolute atomic E-state index is 12.7. The van der Waals surface area contributed by atoms with Gasteiger partial charge in [0, 0.05) is 37.2 Å². The second-order valence-corrected chi connectivity index (χ2v) is 8.58. The standard InChI is InChI=1S/C14H21N3O3S/c1-9(2)16-7-14(15-8-16)21(18,19)17-5-10-11(6-17)13-4-3-12(10)20-13/h7-13H,3-6H2,1-2H3. The SMILES string of the molecule is CC(C)n1cnc(S(=O)(=O)N2CC3C4CCC(O4)C3C2)c1. The molecular weight excluding hydrogens is 290 g/mol. The van der Waals surface area contributed by atoms with E-state index in [2.05, 4.69) is 4.98 Å². The maximum atomic E-state index is 12.7. The summed E-state index contributed by atoms with van der Waals surface area (Å²) in [6.07, 6.45) is 5.95. The molecule has 3 fully saturated rings. The summed E-state index contributed by atoms with van der Waals surface area (Å²) in [7, 11) is -3.47. The van der Waals surface area contributed by atoms with Crippen molar-refractivity contribution in [3.63, 3.8) is 0 Å². The van der Waals surface area contributed by atoms with E-state index in [9.17, 15) is 8.42 Å². The first kappa shape index (κ1) is 13.7. The molecule has 3 aliphatic heterocycles. The van der Waals surface area contributed by atoms with Crippen molar-refractivity contribution in [2.45, 2.75) is 50.0 Å². The molecule has 1 aromatic rings. The minimum atomic E-state index is -3.47. The van der Waals surface area contributed by atoms with Crippen LogP contribution in [0.3, 0.4) is 0 Å². The lowest BCUT2D eigenvalue weighted by Gasteiger charge is -2.18. The molecule has 0 spiro atoms. The first-order valence-electron chi connectivity index (χ1n) is 7.66. The third-order valence-corrected chi connectivity index (χ3v) is 6.91. The number of hydrogen-bond acceptors (Lipinski definition) is 4. The summed E-state index contributed by atoms with van der Waals surface area (Å²) in [5, 5.41) is 0.171. The molecule has 3 saturated heterocycles. The van der Waals surface area contributed by atoms with Crippen molar-refractivity contribution in [3.8, 4) is 0 Å². The van der Waals surface area contributed by atoms with Gasteiger partial charge in [0.2, 0.25) is 0 Å². The minimum absolute atomic E-state index is 0.171. The highest BCUT2D eigenvalue weighted by Crippen LogP contribution is 2.48. The van der Waals surface area contributed by atoms with E-state index in [4.69, 9.17) is 4.74 Å². The summed E-state index contributed by atoms with van der Waals surface area (Å²) in [5.74, 6) is 0.761. The van der Waals surface area contributed by atoms with Gasteiger partial charge in [0.15, 0.2) is 5.03 Å². The van der Waals surface area contributed by atoms with E-state index < -0.39 is 10.0 Å². The molecule has 0 aliphatic carbocycles. The fraction of sp³-hybridized carbons (Fsp3) is 0.786. The van der Waals surface area contributed by atoms with E-state index in [1.807, 2.05) is 18.4 Å². The van der Waals surface area contributed by atoms with Crippen molar-refractivity contribution in [1.82, 2.24) is 13.9 Å². The number of nitrogens with zero attached hydrogens (tertiary/aromatic N) is 3. The number of ether oxygens (including phenoxy) is 1. The van der Waals surface area contributed by atoms with Crippen LogP contribution in [0, 0.1) is 11.8 Å². The van der Waals surface area contributed by atoms with Crippen LogP contribution < -0.4 is 0 Å². The summed E-state index contributed by atoms with van der Waals surface area (Å²) < 4.78 is 34.8. The lowest BCUT2D eigenvalue weighted by molar-refractivity contribution is 0.0778. The van der Waals surface area contributed by atoms with E-state index in [-0.39, 0.29) is 23.3 Å². The third kappa shape index (κ3) is 1.98. The van der Waals surface area contributed by atoms with Crippen LogP contribution >= 0.6 is 0 Å². The maximum Gasteiger partial charge on any atom is 0.262 e. The van der Waals surface area contributed by atoms with Gasteiger partial charge >= 0.3 is 0 Å². The van der Waals surface area contributed by atoms with Crippen molar-refractivity contribution in [2.24, 2.45) is 11.8 Å². The highest BCUT2D eigenvalue weighted by atomic mass is 32.2. The lowest BCUT2D eigenvalue weighted by atomic mass is 9.82. The number of fused-ring (bicyclic) bond motifs is 5. The summed E-state index contributed by atoms with van der Waals surface area (Å²) in [4.78, 5) is 4.10. The van der Waals surface area contributed by atoms with Crippen molar-refractivity contribution < 1.29 is 13.2 Å². The van der Waals surface area contributed by atoms with Gasteiger partial charge in [-0.05, 0) is 26.7 Å². The molecule has 4 unspecified atom stereocenters. The second-order valence-electron chi connectivity index (χ2n) is 6.69. The lowest BCUT2D eigenvalue weighted by Crippen LogP contribution is -2.31. The van der Waals surface area contributed by atoms with Gasteiger partial charge in [0.25, 0.3) is 10.0 Å². The molecule has 3 aliphatic rings. The summed E-state index contributed by atoms with van der Waals surface area (Å²) in [6.45, 7) is 5.19. The zero-order valence-corrected chi connectivity index (χ0v) is 13.2. The van der Waals surface area contributed by atoms with Gasteiger partial charge in [-0.1, -0.05) is 0 Å². The zero-order chi connectivity index (χ0) is 14.8.